The molecule has 2 aromatic rings. The van der Waals surface area contributed by atoms with Crippen LogP contribution in [0.1, 0.15) is 30.5 Å². The van der Waals surface area contributed by atoms with E-state index >= 15 is 0 Å². The topological polar surface area (TPSA) is 103 Å². The SMILES string of the molecule is COc1ccc(C)cc1C(C)NC(=O)C(CCSC)NS(=O)(=O)c1ccc2c(c1)OCCO2. The van der Waals surface area contributed by atoms with Crippen molar-refractivity contribution in [1.82, 2.24) is 10.0 Å². The van der Waals surface area contributed by atoms with Crippen LogP contribution in [0.25, 0.3) is 0 Å². The lowest BCUT2D eigenvalue weighted by Gasteiger charge is -2.23. The predicted octanol–water partition coefficient (Wildman–Crippen LogP) is 3.05. The molecule has 0 spiro atoms. The van der Waals surface area contributed by atoms with Crippen molar-refractivity contribution in [2.24, 2.45) is 0 Å². The Hall–Kier alpha value is -2.43. The number of sulfonamides is 1. The van der Waals surface area contributed by atoms with E-state index in [0.29, 0.717) is 42.6 Å². The lowest BCUT2D eigenvalue weighted by atomic mass is 10.0. The van der Waals surface area contributed by atoms with Crippen LogP contribution >= 0.6 is 11.8 Å². The fourth-order valence-electron chi connectivity index (χ4n) is 3.51. The van der Waals surface area contributed by atoms with Crippen molar-refractivity contribution in [3.63, 3.8) is 0 Å². The summed E-state index contributed by atoms with van der Waals surface area (Å²) in [5.74, 6) is 1.74. The molecule has 1 amide bonds. The zero-order valence-electron chi connectivity index (χ0n) is 19.2. The quantitative estimate of drug-likeness (QED) is 0.523. The van der Waals surface area contributed by atoms with Gasteiger partial charge in [-0.25, -0.2) is 8.42 Å². The molecule has 3 rings (SSSR count). The molecule has 0 saturated heterocycles. The number of fused-ring (bicyclic) bond motifs is 1. The van der Waals surface area contributed by atoms with E-state index in [1.54, 1.807) is 13.2 Å². The van der Waals surface area contributed by atoms with Crippen LogP contribution in [0.2, 0.25) is 0 Å². The van der Waals surface area contributed by atoms with Crippen molar-refractivity contribution in [3.05, 3.63) is 47.5 Å². The molecule has 0 fully saturated rings. The zero-order chi connectivity index (χ0) is 24.0. The summed E-state index contributed by atoms with van der Waals surface area (Å²) >= 11 is 1.54. The van der Waals surface area contributed by atoms with E-state index in [9.17, 15) is 13.2 Å². The summed E-state index contributed by atoms with van der Waals surface area (Å²) in [5.41, 5.74) is 1.86. The Bertz CT molecular complexity index is 1090. The monoisotopic (exact) mass is 494 g/mol. The second kappa shape index (κ2) is 11.1. The molecule has 1 heterocycles. The van der Waals surface area contributed by atoms with Gasteiger partial charge in [-0.05, 0) is 50.5 Å². The summed E-state index contributed by atoms with van der Waals surface area (Å²) in [7, 11) is -2.39. The lowest BCUT2D eigenvalue weighted by Crippen LogP contribution is -2.47. The van der Waals surface area contributed by atoms with Gasteiger partial charge >= 0.3 is 0 Å². The number of benzene rings is 2. The summed E-state index contributed by atoms with van der Waals surface area (Å²) in [6.07, 6.45) is 2.25. The molecule has 0 bridgehead atoms. The van der Waals surface area contributed by atoms with Crippen molar-refractivity contribution < 1.29 is 27.4 Å². The number of rotatable bonds is 10. The summed E-state index contributed by atoms with van der Waals surface area (Å²) < 4.78 is 45.1. The van der Waals surface area contributed by atoms with Crippen LogP contribution in [0.3, 0.4) is 0 Å². The summed E-state index contributed by atoms with van der Waals surface area (Å²) in [6.45, 7) is 4.57. The van der Waals surface area contributed by atoms with Gasteiger partial charge in [-0.1, -0.05) is 17.7 Å². The van der Waals surface area contributed by atoms with E-state index in [4.69, 9.17) is 14.2 Å². The third-order valence-corrected chi connectivity index (χ3v) is 7.37. The Morgan fingerprint density at radius 1 is 1.15 bits per heavy atom. The van der Waals surface area contributed by atoms with Crippen molar-refractivity contribution in [2.75, 3.05) is 32.3 Å². The number of hydrogen-bond acceptors (Lipinski definition) is 7. The maximum atomic E-state index is 13.1. The molecule has 2 aromatic carbocycles. The minimum absolute atomic E-state index is 0.0158. The van der Waals surface area contributed by atoms with E-state index in [2.05, 4.69) is 10.0 Å². The maximum Gasteiger partial charge on any atom is 0.241 e. The molecular weight excluding hydrogens is 464 g/mol. The number of thioether (sulfide) groups is 1. The fraction of sp³-hybridized carbons (Fsp3) is 0.435. The maximum absolute atomic E-state index is 13.1. The molecule has 8 nitrogen and oxygen atoms in total. The van der Waals surface area contributed by atoms with Crippen LogP contribution in [0, 0.1) is 6.92 Å². The first-order valence-electron chi connectivity index (χ1n) is 10.6. The Morgan fingerprint density at radius 2 is 1.88 bits per heavy atom. The van der Waals surface area contributed by atoms with Gasteiger partial charge in [-0.15, -0.1) is 0 Å². The smallest absolute Gasteiger partial charge is 0.241 e. The zero-order valence-corrected chi connectivity index (χ0v) is 20.8. The Morgan fingerprint density at radius 3 is 2.58 bits per heavy atom. The van der Waals surface area contributed by atoms with Crippen LogP contribution in [0.4, 0.5) is 0 Å². The number of nitrogens with one attached hydrogen (secondary N) is 2. The molecule has 0 saturated carbocycles. The number of carbonyl (C=O) groups is 1. The molecule has 33 heavy (non-hydrogen) atoms. The van der Waals surface area contributed by atoms with Crippen LogP contribution in [-0.2, 0) is 14.8 Å². The molecule has 2 unspecified atom stereocenters. The fourth-order valence-corrected chi connectivity index (χ4v) is 5.23. The van der Waals surface area contributed by atoms with Crippen molar-refractivity contribution in [3.8, 4) is 17.2 Å². The van der Waals surface area contributed by atoms with E-state index < -0.39 is 22.0 Å². The molecule has 180 valence electrons. The third kappa shape index (κ3) is 6.33. The second-order valence-electron chi connectivity index (χ2n) is 7.74. The third-order valence-electron chi connectivity index (χ3n) is 5.26. The van der Waals surface area contributed by atoms with Crippen molar-refractivity contribution >= 4 is 27.7 Å². The lowest BCUT2D eigenvalue weighted by molar-refractivity contribution is -0.123. The number of carbonyl (C=O) groups excluding carboxylic acids is 1. The molecule has 1 aliphatic heterocycles. The highest BCUT2D eigenvalue weighted by Crippen LogP contribution is 2.32. The van der Waals surface area contributed by atoms with E-state index in [-0.39, 0.29) is 10.9 Å². The van der Waals surface area contributed by atoms with Gasteiger partial charge in [-0.2, -0.15) is 16.5 Å². The summed E-state index contributed by atoms with van der Waals surface area (Å²) in [4.78, 5) is 13.1. The molecule has 0 aromatic heterocycles. The van der Waals surface area contributed by atoms with Crippen molar-refractivity contribution in [2.45, 2.75) is 37.2 Å². The number of aryl methyl sites for hydroxylation is 1. The number of methoxy groups -OCH3 is 1. The molecule has 0 aliphatic carbocycles. The Balaban J connectivity index is 1.78. The van der Waals surface area contributed by atoms with E-state index in [1.165, 1.54) is 23.9 Å². The molecule has 2 atom stereocenters. The number of amides is 1. The summed E-state index contributed by atoms with van der Waals surface area (Å²) in [5, 5.41) is 2.93. The first kappa shape index (κ1) is 25.2. The standard InChI is InChI=1S/C23H30N2O6S2/c1-15-5-7-20(29-3)18(13-15)16(2)24-23(26)19(9-12-32-4)25-33(27,28)17-6-8-21-22(14-17)31-11-10-30-21/h5-8,13-14,16,19,25H,9-12H2,1-4H3,(H,24,26). The normalized spacial score (nSPS) is 14.9. The molecule has 1 aliphatic rings. The number of ether oxygens (including phenoxy) is 3. The van der Waals surface area contributed by atoms with Crippen LogP contribution in [0.5, 0.6) is 17.2 Å². The molecule has 0 radical (unpaired) electrons. The highest BCUT2D eigenvalue weighted by molar-refractivity contribution is 7.98. The number of hydrogen-bond donors (Lipinski definition) is 2. The summed E-state index contributed by atoms with van der Waals surface area (Å²) in [6, 6.07) is 8.84. The van der Waals surface area contributed by atoms with Gasteiger partial charge in [0.25, 0.3) is 0 Å². The minimum Gasteiger partial charge on any atom is -0.496 e. The molecule has 2 N–H and O–H groups in total. The Kier molecular flexibility index (Phi) is 8.50. The van der Waals surface area contributed by atoms with Gasteiger partial charge in [0, 0.05) is 11.6 Å². The van der Waals surface area contributed by atoms with E-state index in [1.807, 2.05) is 38.3 Å². The van der Waals surface area contributed by atoms with Gasteiger partial charge in [-0.3, -0.25) is 4.79 Å². The van der Waals surface area contributed by atoms with E-state index in [0.717, 1.165) is 11.1 Å². The van der Waals surface area contributed by atoms with Gasteiger partial charge < -0.3 is 19.5 Å². The average molecular weight is 495 g/mol. The van der Waals surface area contributed by atoms with Crippen molar-refractivity contribution in [1.29, 1.82) is 0 Å². The van der Waals surface area contributed by atoms with Gasteiger partial charge in [0.1, 0.15) is 25.0 Å². The van der Waals surface area contributed by atoms with Crippen LogP contribution < -0.4 is 24.2 Å². The largest absolute Gasteiger partial charge is 0.496 e. The second-order valence-corrected chi connectivity index (χ2v) is 10.4. The van der Waals surface area contributed by atoms with Crippen LogP contribution in [-0.4, -0.2) is 52.7 Å². The van der Waals surface area contributed by atoms with Crippen LogP contribution in [0.15, 0.2) is 41.3 Å². The highest BCUT2D eigenvalue weighted by Gasteiger charge is 2.28. The molecule has 10 heteroatoms. The van der Waals surface area contributed by atoms with Gasteiger partial charge in [0.05, 0.1) is 18.0 Å². The highest BCUT2D eigenvalue weighted by atomic mass is 32.2. The van der Waals surface area contributed by atoms with Gasteiger partial charge in [0.2, 0.25) is 15.9 Å². The first-order valence-corrected chi connectivity index (χ1v) is 13.5. The molecular formula is C23H30N2O6S2. The average Bonchev–Trinajstić information content (AvgIpc) is 2.81. The predicted molar refractivity (Wildman–Crippen MR) is 129 cm³/mol. The Labute approximate surface area is 199 Å². The van der Waals surface area contributed by atoms with Gasteiger partial charge in [0.15, 0.2) is 11.5 Å². The minimum atomic E-state index is -3.97. The first-order chi connectivity index (χ1) is 15.7.